The maximum absolute atomic E-state index is 11.2. The molecule has 0 radical (unpaired) electrons. The molecule has 17 heavy (non-hydrogen) atoms. The van der Waals surface area contributed by atoms with Gasteiger partial charge >= 0.3 is 11.8 Å². The number of carboxylic acids is 1. The van der Waals surface area contributed by atoms with Crippen LogP contribution in [0, 0.1) is 6.92 Å². The SMILES string of the molecule is Cc1cc[n+](CC(=O)C(=O)O)c2ccccc12. The summed E-state index contributed by atoms with van der Waals surface area (Å²) in [5, 5.41) is 9.63. The van der Waals surface area contributed by atoms with Gasteiger partial charge in [0.1, 0.15) is 0 Å². The van der Waals surface area contributed by atoms with Gasteiger partial charge in [-0.15, -0.1) is 0 Å². The number of hydrogen-bond acceptors (Lipinski definition) is 2. The van der Waals surface area contributed by atoms with Crippen molar-refractivity contribution in [2.45, 2.75) is 13.5 Å². The van der Waals surface area contributed by atoms with Gasteiger partial charge in [-0.05, 0) is 18.6 Å². The summed E-state index contributed by atoms with van der Waals surface area (Å²) in [7, 11) is 0. The Balaban J connectivity index is 2.52. The van der Waals surface area contributed by atoms with Crippen LogP contribution in [0.25, 0.3) is 10.9 Å². The number of aryl methyl sites for hydroxylation is 1. The number of nitrogens with zero attached hydrogens (tertiary/aromatic N) is 1. The molecule has 0 saturated heterocycles. The zero-order valence-corrected chi connectivity index (χ0v) is 9.38. The smallest absolute Gasteiger partial charge is 0.379 e. The van der Waals surface area contributed by atoms with Gasteiger partial charge in [-0.3, -0.25) is 4.79 Å². The summed E-state index contributed by atoms with van der Waals surface area (Å²) in [4.78, 5) is 21.8. The second kappa shape index (κ2) is 4.33. The van der Waals surface area contributed by atoms with E-state index in [1.54, 1.807) is 10.8 Å². The number of Topliss-reactive ketones (excluding diaryl/α,β-unsaturated/α-hetero) is 1. The zero-order chi connectivity index (χ0) is 12.4. The molecule has 2 rings (SSSR count). The molecule has 0 atom stereocenters. The van der Waals surface area contributed by atoms with E-state index in [0.29, 0.717) is 0 Å². The van der Waals surface area contributed by atoms with Crippen molar-refractivity contribution in [3.05, 3.63) is 42.1 Å². The lowest BCUT2D eigenvalue weighted by molar-refractivity contribution is -0.657. The third kappa shape index (κ3) is 2.15. The van der Waals surface area contributed by atoms with E-state index in [9.17, 15) is 9.59 Å². The van der Waals surface area contributed by atoms with Crippen LogP contribution in [0.2, 0.25) is 0 Å². The van der Waals surface area contributed by atoms with Crippen LogP contribution in [-0.2, 0) is 16.1 Å². The summed E-state index contributed by atoms with van der Waals surface area (Å²) >= 11 is 0. The highest BCUT2D eigenvalue weighted by atomic mass is 16.4. The summed E-state index contributed by atoms with van der Waals surface area (Å²) in [6.45, 7) is 1.84. The van der Waals surface area contributed by atoms with Gasteiger partial charge < -0.3 is 5.11 Å². The van der Waals surface area contributed by atoms with Crippen LogP contribution >= 0.6 is 0 Å². The fourth-order valence-electron chi connectivity index (χ4n) is 1.79. The number of aliphatic carboxylic acids is 1. The summed E-state index contributed by atoms with van der Waals surface area (Å²) in [5.41, 5.74) is 1.96. The van der Waals surface area contributed by atoms with Crippen LogP contribution < -0.4 is 4.57 Å². The van der Waals surface area contributed by atoms with Crippen molar-refractivity contribution in [3.63, 3.8) is 0 Å². The standard InChI is InChI=1S/C13H11NO3/c1-9-6-7-14(8-12(15)13(16)17)11-5-3-2-4-10(9)11/h2-7H,8H2,1H3/p+1. The number of benzene rings is 1. The molecule has 86 valence electrons. The van der Waals surface area contributed by atoms with Gasteiger partial charge in [-0.25, -0.2) is 4.79 Å². The molecule has 0 spiro atoms. The van der Waals surface area contributed by atoms with E-state index in [4.69, 9.17) is 5.11 Å². The minimum absolute atomic E-state index is 0.143. The lowest BCUT2D eigenvalue weighted by Crippen LogP contribution is -2.40. The van der Waals surface area contributed by atoms with Crippen molar-refractivity contribution in [1.29, 1.82) is 0 Å². The Hall–Kier alpha value is -2.23. The summed E-state index contributed by atoms with van der Waals surface area (Å²) < 4.78 is 1.65. The maximum atomic E-state index is 11.2. The first-order chi connectivity index (χ1) is 8.09. The van der Waals surface area contributed by atoms with E-state index in [-0.39, 0.29) is 6.54 Å². The van der Waals surface area contributed by atoms with Gasteiger partial charge in [-0.2, -0.15) is 4.57 Å². The Kier molecular flexibility index (Phi) is 2.87. The molecule has 1 aromatic carbocycles. The number of fused-ring (bicyclic) bond motifs is 1. The number of pyridine rings is 1. The lowest BCUT2D eigenvalue weighted by Gasteiger charge is -2.01. The predicted molar refractivity (Wildman–Crippen MR) is 61.5 cm³/mol. The Morgan fingerprint density at radius 1 is 1.24 bits per heavy atom. The van der Waals surface area contributed by atoms with E-state index in [1.165, 1.54) is 0 Å². The molecule has 2 aromatic rings. The number of ketones is 1. The van der Waals surface area contributed by atoms with Crippen LogP contribution in [0.5, 0.6) is 0 Å². The number of hydrogen-bond donors (Lipinski definition) is 1. The molecular formula is C13H12NO3+. The van der Waals surface area contributed by atoms with Crippen molar-refractivity contribution < 1.29 is 19.3 Å². The highest BCUT2D eigenvalue weighted by molar-refractivity contribution is 6.32. The van der Waals surface area contributed by atoms with E-state index in [2.05, 4.69) is 0 Å². The van der Waals surface area contributed by atoms with Gasteiger partial charge in [0.25, 0.3) is 0 Å². The van der Waals surface area contributed by atoms with Crippen LogP contribution in [0.4, 0.5) is 0 Å². The van der Waals surface area contributed by atoms with Crippen LogP contribution in [0.3, 0.4) is 0 Å². The van der Waals surface area contributed by atoms with E-state index >= 15 is 0 Å². The molecule has 0 unspecified atom stereocenters. The first-order valence-corrected chi connectivity index (χ1v) is 5.23. The minimum Gasteiger partial charge on any atom is -0.475 e. The molecule has 4 nitrogen and oxygen atoms in total. The number of aromatic nitrogens is 1. The van der Waals surface area contributed by atoms with Crippen molar-refractivity contribution in [1.82, 2.24) is 0 Å². The molecule has 4 heteroatoms. The largest absolute Gasteiger partial charge is 0.475 e. The topological polar surface area (TPSA) is 58.2 Å². The molecule has 0 aliphatic rings. The van der Waals surface area contributed by atoms with E-state index in [1.807, 2.05) is 37.3 Å². The Bertz CT molecular complexity index is 605. The van der Waals surface area contributed by atoms with Crippen molar-refractivity contribution >= 4 is 22.7 Å². The Morgan fingerprint density at radius 3 is 2.65 bits per heavy atom. The van der Waals surface area contributed by atoms with Crippen LogP contribution in [-0.4, -0.2) is 16.9 Å². The highest BCUT2D eigenvalue weighted by Crippen LogP contribution is 2.13. The number of rotatable bonds is 3. The van der Waals surface area contributed by atoms with Crippen molar-refractivity contribution in [3.8, 4) is 0 Å². The lowest BCUT2D eigenvalue weighted by atomic mass is 10.1. The monoisotopic (exact) mass is 230 g/mol. The molecular weight excluding hydrogens is 218 g/mol. The fourth-order valence-corrected chi connectivity index (χ4v) is 1.79. The third-order valence-corrected chi connectivity index (χ3v) is 2.70. The molecule has 0 saturated carbocycles. The highest BCUT2D eigenvalue weighted by Gasteiger charge is 2.19. The van der Waals surface area contributed by atoms with E-state index in [0.717, 1.165) is 16.5 Å². The van der Waals surface area contributed by atoms with Gasteiger partial charge in [0, 0.05) is 17.5 Å². The van der Waals surface area contributed by atoms with Gasteiger partial charge in [-0.1, -0.05) is 12.1 Å². The molecule has 0 amide bonds. The molecule has 0 fully saturated rings. The summed E-state index contributed by atoms with van der Waals surface area (Å²) in [6.07, 6.45) is 1.73. The van der Waals surface area contributed by atoms with Crippen LogP contribution in [0.15, 0.2) is 36.5 Å². The first kappa shape index (κ1) is 11.3. The quantitative estimate of drug-likeness (QED) is 0.634. The van der Waals surface area contributed by atoms with Gasteiger partial charge in [0.15, 0.2) is 6.20 Å². The zero-order valence-electron chi connectivity index (χ0n) is 9.38. The number of para-hydroxylation sites is 1. The third-order valence-electron chi connectivity index (χ3n) is 2.70. The first-order valence-electron chi connectivity index (χ1n) is 5.23. The van der Waals surface area contributed by atoms with Crippen LogP contribution in [0.1, 0.15) is 5.56 Å². The number of carbonyl (C=O) groups is 2. The van der Waals surface area contributed by atoms with Crippen molar-refractivity contribution in [2.24, 2.45) is 0 Å². The molecule has 0 aliphatic carbocycles. The molecule has 1 heterocycles. The Morgan fingerprint density at radius 2 is 1.94 bits per heavy atom. The predicted octanol–water partition coefficient (Wildman–Crippen LogP) is 1.09. The molecule has 0 bridgehead atoms. The van der Waals surface area contributed by atoms with Gasteiger partial charge in [0.2, 0.25) is 12.1 Å². The molecule has 0 aliphatic heterocycles. The summed E-state index contributed by atoms with van der Waals surface area (Å²) in [5.74, 6) is -2.22. The average molecular weight is 230 g/mol. The number of carbonyl (C=O) groups excluding carboxylic acids is 1. The Labute approximate surface area is 98.1 Å². The maximum Gasteiger partial charge on any atom is 0.379 e. The second-order valence-electron chi connectivity index (χ2n) is 3.87. The van der Waals surface area contributed by atoms with Crippen molar-refractivity contribution in [2.75, 3.05) is 0 Å². The second-order valence-corrected chi connectivity index (χ2v) is 3.87. The fraction of sp³-hybridized carbons (Fsp3) is 0.154. The normalized spacial score (nSPS) is 10.4. The number of carboxylic acid groups (broad SMARTS) is 1. The molecule has 1 N–H and O–H groups in total. The van der Waals surface area contributed by atoms with Gasteiger partial charge in [0.05, 0.1) is 0 Å². The molecule has 1 aromatic heterocycles. The minimum atomic E-state index is -1.40. The van der Waals surface area contributed by atoms with E-state index < -0.39 is 11.8 Å². The average Bonchev–Trinajstić information content (AvgIpc) is 2.33. The summed E-state index contributed by atoms with van der Waals surface area (Å²) in [6, 6.07) is 9.48.